The van der Waals surface area contributed by atoms with Crippen LogP contribution < -0.4 is 0 Å². The molecule has 2 aliphatic rings. The molecular formula is C20H29N3O3. The molecule has 2 aliphatic heterocycles. The van der Waals surface area contributed by atoms with Gasteiger partial charge in [-0.05, 0) is 24.0 Å². The Morgan fingerprint density at radius 3 is 2.00 bits per heavy atom. The van der Waals surface area contributed by atoms with Gasteiger partial charge in [0.05, 0.1) is 13.2 Å². The Hall–Kier alpha value is -2.08. The molecule has 0 saturated carbocycles. The number of hydrogen-bond acceptors (Lipinski definition) is 3. The highest BCUT2D eigenvalue weighted by Gasteiger charge is 2.27. The summed E-state index contributed by atoms with van der Waals surface area (Å²) < 4.78 is 5.30. The Morgan fingerprint density at radius 1 is 0.846 bits per heavy atom. The fourth-order valence-electron chi connectivity index (χ4n) is 3.45. The summed E-state index contributed by atoms with van der Waals surface area (Å²) in [6, 6.07) is 8.58. The van der Waals surface area contributed by atoms with Crippen molar-refractivity contribution in [1.29, 1.82) is 0 Å². The van der Waals surface area contributed by atoms with Gasteiger partial charge in [-0.3, -0.25) is 4.79 Å². The molecule has 2 fully saturated rings. The number of amides is 3. The largest absolute Gasteiger partial charge is 0.378 e. The summed E-state index contributed by atoms with van der Waals surface area (Å²) in [4.78, 5) is 30.6. The van der Waals surface area contributed by atoms with Crippen molar-refractivity contribution in [2.24, 2.45) is 0 Å². The maximum absolute atomic E-state index is 12.5. The van der Waals surface area contributed by atoms with Crippen LogP contribution in [0.2, 0.25) is 0 Å². The molecule has 0 spiro atoms. The second-order valence-corrected chi connectivity index (χ2v) is 6.92. The molecule has 3 rings (SSSR count). The Morgan fingerprint density at radius 2 is 1.38 bits per heavy atom. The second kappa shape index (κ2) is 9.03. The molecule has 6 nitrogen and oxygen atoms in total. The average Bonchev–Trinajstić information content (AvgIpc) is 2.72. The molecule has 1 aromatic carbocycles. The Bertz CT molecular complexity index is 603. The summed E-state index contributed by atoms with van der Waals surface area (Å²) >= 11 is 0. The van der Waals surface area contributed by atoms with Crippen LogP contribution in [-0.2, 0) is 22.4 Å². The van der Waals surface area contributed by atoms with Crippen LogP contribution in [0.25, 0.3) is 0 Å². The third-order valence-electron chi connectivity index (χ3n) is 5.24. The third-order valence-corrected chi connectivity index (χ3v) is 5.24. The first-order valence-electron chi connectivity index (χ1n) is 9.64. The zero-order valence-corrected chi connectivity index (χ0v) is 15.7. The normalized spacial score (nSPS) is 18.1. The van der Waals surface area contributed by atoms with E-state index in [1.807, 2.05) is 14.7 Å². The maximum atomic E-state index is 12.5. The van der Waals surface area contributed by atoms with E-state index in [1.165, 1.54) is 11.1 Å². The topological polar surface area (TPSA) is 53.1 Å². The first kappa shape index (κ1) is 18.7. The molecule has 26 heavy (non-hydrogen) atoms. The lowest BCUT2D eigenvalue weighted by Crippen LogP contribution is -2.55. The van der Waals surface area contributed by atoms with Crippen molar-refractivity contribution in [1.82, 2.24) is 14.7 Å². The van der Waals surface area contributed by atoms with E-state index in [4.69, 9.17) is 4.74 Å². The minimum Gasteiger partial charge on any atom is -0.378 e. The maximum Gasteiger partial charge on any atom is 0.320 e. The second-order valence-electron chi connectivity index (χ2n) is 6.92. The van der Waals surface area contributed by atoms with Gasteiger partial charge in [0.1, 0.15) is 0 Å². The van der Waals surface area contributed by atoms with E-state index in [-0.39, 0.29) is 11.9 Å². The standard InChI is InChI=1S/C20H29N3O3/c1-2-17-3-5-18(6-4-17)7-8-19(24)21-9-11-22(12-10-21)20(25)23-13-15-26-16-14-23/h3-6H,2,7-16H2,1H3. The number of rotatable bonds is 4. The average molecular weight is 359 g/mol. The Kier molecular flexibility index (Phi) is 6.50. The number of piperazine rings is 1. The summed E-state index contributed by atoms with van der Waals surface area (Å²) in [7, 11) is 0. The van der Waals surface area contributed by atoms with Gasteiger partial charge in [0.15, 0.2) is 0 Å². The van der Waals surface area contributed by atoms with Crippen LogP contribution in [-0.4, -0.2) is 79.1 Å². The van der Waals surface area contributed by atoms with Gasteiger partial charge in [0, 0.05) is 45.7 Å². The van der Waals surface area contributed by atoms with E-state index in [2.05, 4.69) is 31.2 Å². The van der Waals surface area contributed by atoms with Crippen molar-refractivity contribution in [3.05, 3.63) is 35.4 Å². The number of urea groups is 1. The molecule has 0 unspecified atom stereocenters. The van der Waals surface area contributed by atoms with Crippen molar-refractivity contribution >= 4 is 11.9 Å². The lowest BCUT2D eigenvalue weighted by molar-refractivity contribution is -0.132. The van der Waals surface area contributed by atoms with E-state index in [0.717, 1.165) is 12.8 Å². The molecule has 3 amide bonds. The van der Waals surface area contributed by atoms with Gasteiger partial charge >= 0.3 is 6.03 Å². The van der Waals surface area contributed by atoms with Crippen LogP contribution in [0.5, 0.6) is 0 Å². The lowest BCUT2D eigenvalue weighted by atomic mass is 10.1. The molecule has 0 aliphatic carbocycles. The van der Waals surface area contributed by atoms with Gasteiger partial charge in [-0.2, -0.15) is 0 Å². The molecule has 0 bridgehead atoms. The van der Waals surface area contributed by atoms with Crippen LogP contribution in [0.3, 0.4) is 0 Å². The molecule has 0 N–H and O–H groups in total. The summed E-state index contributed by atoms with van der Waals surface area (Å²) in [5.41, 5.74) is 2.53. The third kappa shape index (κ3) is 4.75. The van der Waals surface area contributed by atoms with Crippen LogP contribution in [0.1, 0.15) is 24.5 Å². The SMILES string of the molecule is CCc1ccc(CCC(=O)N2CCN(C(=O)N3CCOCC3)CC2)cc1. The van der Waals surface area contributed by atoms with Crippen molar-refractivity contribution < 1.29 is 14.3 Å². The van der Waals surface area contributed by atoms with Gasteiger partial charge in [0.25, 0.3) is 0 Å². The number of nitrogens with zero attached hydrogens (tertiary/aromatic N) is 3. The number of carbonyl (C=O) groups excluding carboxylic acids is 2. The summed E-state index contributed by atoms with van der Waals surface area (Å²) in [5.74, 6) is 0.183. The molecule has 6 heteroatoms. The summed E-state index contributed by atoms with van der Waals surface area (Å²) in [5, 5.41) is 0. The molecule has 0 aromatic heterocycles. The zero-order chi connectivity index (χ0) is 18.4. The Balaban J connectivity index is 1.42. The van der Waals surface area contributed by atoms with E-state index in [1.54, 1.807) is 0 Å². The number of aryl methyl sites for hydroxylation is 2. The Labute approximate surface area is 155 Å². The zero-order valence-electron chi connectivity index (χ0n) is 15.7. The van der Waals surface area contributed by atoms with Crippen molar-refractivity contribution in [3.63, 3.8) is 0 Å². The van der Waals surface area contributed by atoms with E-state index in [0.29, 0.717) is 58.9 Å². The van der Waals surface area contributed by atoms with Crippen LogP contribution in [0.4, 0.5) is 4.79 Å². The number of hydrogen-bond donors (Lipinski definition) is 0. The lowest BCUT2D eigenvalue weighted by Gasteiger charge is -2.38. The van der Waals surface area contributed by atoms with E-state index >= 15 is 0 Å². The van der Waals surface area contributed by atoms with Gasteiger partial charge in [-0.1, -0.05) is 31.2 Å². The first-order valence-corrected chi connectivity index (χ1v) is 9.64. The van der Waals surface area contributed by atoms with Crippen LogP contribution in [0, 0.1) is 0 Å². The van der Waals surface area contributed by atoms with Crippen molar-refractivity contribution in [2.45, 2.75) is 26.2 Å². The molecule has 142 valence electrons. The molecule has 0 radical (unpaired) electrons. The first-order chi connectivity index (χ1) is 12.7. The van der Waals surface area contributed by atoms with Crippen molar-refractivity contribution in [2.75, 3.05) is 52.5 Å². The van der Waals surface area contributed by atoms with Gasteiger partial charge in [0.2, 0.25) is 5.91 Å². The highest BCUT2D eigenvalue weighted by atomic mass is 16.5. The highest BCUT2D eigenvalue weighted by Crippen LogP contribution is 2.11. The number of benzene rings is 1. The fourth-order valence-corrected chi connectivity index (χ4v) is 3.45. The quantitative estimate of drug-likeness (QED) is 0.823. The molecule has 2 saturated heterocycles. The molecular weight excluding hydrogens is 330 g/mol. The monoisotopic (exact) mass is 359 g/mol. The predicted molar refractivity (Wildman–Crippen MR) is 100 cm³/mol. The highest BCUT2D eigenvalue weighted by molar-refractivity contribution is 5.78. The molecule has 1 aromatic rings. The van der Waals surface area contributed by atoms with Gasteiger partial charge in [-0.15, -0.1) is 0 Å². The van der Waals surface area contributed by atoms with E-state index in [9.17, 15) is 9.59 Å². The number of carbonyl (C=O) groups is 2. The number of ether oxygens (including phenoxy) is 1. The molecule has 0 atom stereocenters. The van der Waals surface area contributed by atoms with Gasteiger partial charge < -0.3 is 19.4 Å². The van der Waals surface area contributed by atoms with Crippen molar-refractivity contribution in [3.8, 4) is 0 Å². The van der Waals surface area contributed by atoms with E-state index < -0.39 is 0 Å². The minimum absolute atomic E-state index is 0.0800. The van der Waals surface area contributed by atoms with Crippen LogP contribution in [0.15, 0.2) is 24.3 Å². The van der Waals surface area contributed by atoms with Gasteiger partial charge in [-0.25, -0.2) is 4.79 Å². The minimum atomic E-state index is 0.0800. The smallest absolute Gasteiger partial charge is 0.320 e. The predicted octanol–water partition coefficient (Wildman–Crippen LogP) is 1.78. The summed E-state index contributed by atoms with van der Waals surface area (Å²) in [6.07, 6.45) is 2.34. The number of morpholine rings is 1. The summed E-state index contributed by atoms with van der Waals surface area (Å²) in [6.45, 7) is 7.19. The van der Waals surface area contributed by atoms with Crippen LogP contribution >= 0.6 is 0 Å². The molecule has 2 heterocycles. The fraction of sp³-hybridized carbons (Fsp3) is 0.600.